The Bertz CT molecular complexity index is 658. The van der Waals surface area contributed by atoms with E-state index in [1.807, 2.05) is 23.0 Å². The zero-order chi connectivity index (χ0) is 13.4. The van der Waals surface area contributed by atoms with Gasteiger partial charge in [-0.05, 0) is 30.5 Å². The van der Waals surface area contributed by atoms with Crippen molar-refractivity contribution >= 4 is 0 Å². The van der Waals surface area contributed by atoms with Crippen molar-refractivity contribution in [3.8, 4) is 11.8 Å². The molecule has 0 N–H and O–H groups in total. The van der Waals surface area contributed by atoms with Crippen LogP contribution >= 0.6 is 0 Å². The number of nitrogens with zero attached hydrogens (tertiary/aromatic N) is 3. The van der Waals surface area contributed by atoms with E-state index in [9.17, 15) is 4.39 Å². The van der Waals surface area contributed by atoms with Crippen LogP contribution in [0, 0.1) is 17.1 Å². The van der Waals surface area contributed by atoms with Gasteiger partial charge in [-0.1, -0.05) is 0 Å². The van der Waals surface area contributed by atoms with Crippen LogP contribution in [0.1, 0.15) is 29.2 Å². The lowest BCUT2D eigenvalue weighted by molar-refractivity contribution is 0.405. The predicted molar refractivity (Wildman–Crippen MR) is 66.4 cm³/mol. The number of hydrogen-bond acceptors (Lipinski definition) is 3. The van der Waals surface area contributed by atoms with Crippen LogP contribution in [0.5, 0.6) is 5.75 Å². The van der Waals surface area contributed by atoms with Gasteiger partial charge in [-0.2, -0.15) is 10.4 Å². The topological polar surface area (TPSA) is 50.8 Å². The van der Waals surface area contributed by atoms with Crippen molar-refractivity contribution in [2.24, 2.45) is 0 Å². The van der Waals surface area contributed by atoms with Crippen LogP contribution in [0.15, 0.2) is 24.5 Å². The number of fused-ring (bicyclic) bond motifs is 1. The fourth-order valence-corrected chi connectivity index (χ4v) is 2.75. The van der Waals surface area contributed by atoms with Crippen LogP contribution in [-0.2, 0) is 6.42 Å². The Morgan fingerprint density at radius 3 is 3.05 bits per heavy atom. The van der Waals surface area contributed by atoms with E-state index >= 15 is 0 Å². The van der Waals surface area contributed by atoms with Gasteiger partial charge < -0.3 is 4.74 Å². The minimum absolute atomic E-state index is 0.0117. The molecule has 5 heteroatoms. The second kappa shape index (κ2) is 4.39. The van der Waals surface area contributed by atoms with Gasteiger partial charge in [0, 0.05) is 18.0 Å². The van der Waals surface area contributed by atoms with Crippen molar-refractivity contribution in [2.75, 3.05) is 7.11 Å². The van der Waals surface area contributed by atoms with Gasteiger partial charge in [0.2, 0.25) is 0 Å². The number of rotatable bonds is 2. The van der Waals surface area contributed by atoms with E-state index in [1.54, 1.807) is 6.20 Å². The molecule has 0 spiro atoms. The second-order valence-corrected chi connectivity index (χ2v) is 4.49. The molecule has 1 aromatic carbocycles. The second-order valence-electron chi connectivity index (χ2n) is 4.49. The zero-order valence-corrected chi connectivity index (χ0v) is 10.4. The Hall–Kier alpha value is -2.35. The fraction of sp³-hybridized carbons (Fsp3) is 0.286. The molecule has 2 aromatic rings. The Morgan fingerprint density at radius 1 is 1.58 bits per heavy atom. The van der Waals surface area contributed by atoms with Crippen LogP contribution in [0.3, 0.4) is 0 Å². The number of nitriles is 1. The molecule has 1 heterocycles. The van der Waals surface area contributed by atoms with Crippen LogP contribution in [0.2, 0.25) is 0 Å². The van der Waals surface area contributed by atoms with E-state index in [-0.39, 0.29) is 11.6 Å². The number of aromatic nitrogens is 2. The highest BCUT2D eigenvalue weighted by Gasteiger charge is 2.30. The Morgan fingerprint density at radius 2 is 2.42 bits per heavy atom. The SMILES string of the molecule is COc1c(C#N)c(F)cc2c1CCC2n1cccn1. The molecule has 0 saturated carbocycles. The van der Waals surface area contributed by atoms with Crippen molar-refractivity contribution in [2.45, 2.75) is 18.9 Å². The van der Waals surface area contributed by atoms with Crippen molar-refractivity contribution in [1.29, 1.82) is 5.26 Å². The molecule has 4 nitrogen and oxygen atoms in total. The molecule has 1 atom stereocenters. The van der Waals surface area contributed by atoms with Gasteiger partial charge >= 0.3 is 0 Å². The Balaban J connectivity index is 2.18. The van der Waals surface area contributed by atoms with E-state index in [1.165, 1.54) is 13.2 Å². The van der Waals surface area contributed by atoms with E-state index in [2.05, 4.69) is 5.10 Å². The standard InChI is InChI=1S/C14H12FN3O/c1-19-14-9-3-4-13(18-6-2-5-17-18)10(9)7-12(15)11(14)8-16/h2,5-7,13H,3-4H2,1H3. The molecule has 19 heavy (non-hydrogen) atoms. The maximum Gasteiger partial charge on any atom is 0.145 e. The Labute approximate surface area is 110 Å². The van der Waals surface area contributed by atoms with Crippen molar-refractivity contribution < 1.29 is 9.13 Å². The van der Waals surface area contributed by atoms with Gasteiger partial charge in [-0.25, -0.2) is 4.39 Å². The van der Waals surface area contributed by atoms with Crippen molar-refractivity contribution in [1.82, 2.24) is 9.78 Å². The third-order valence-electron chi connectivity index (χ3n) is 3.56. The van der Waals surface area contributed by atoms with Gasteiger partial charge in [-0.15, -0.1) is 0 Å². The normalized spacial score (nSPS) is 17.0. The van der Waals surface area contributed by atoms with Gasteiger partial charge in [0.05, 0.1) is 13.2 Å². The molecule has 1 aliphatic carbocycles. The molecule has 1 aliphatic rings. The maximum absolute atomic E-state index is 14.0. The first-order valence-electron chi connectivity index (χ1n) is 6.04. The summed E-state index contributed by atoms with van der Waals surface area (Å²) in [5, 5.41) is 13.2. The molecule has 1 aromatic heterocycles. The summed E-state index contributed by atoms with van der Waals surface area (Å²) in [6.45, 7) is 0. The highest BCUT2D eigenvalue weighted by molar-refractivity contribution is 5.55. The van der Waals surface area contributed by atoms with Crippen molar-refractivity contribution in [3.05, 3.63) is 47.0 Å². The monoisotopic (exact) mass is 257 g/mol. The molecule has 0 saturated heterocycles. The molecular weight excluding hydrogens is 245 g/mol. The maximum atomic E-state index is 14.0. The largest absolute Gasteiger partial charge is 0.495 e. The Kier molecular flexibility index (Phi) is 2.71. The summed E-state index contributed by atoms with van der Waals surface area (Å²) in [4.78, 5) is 0. The molecule has 0 amide bonds. The molecule has 3 rings (SSSR count). The van der Waals surface area contributed by atoms with E-state index < -0.39 is 5.82 Å². The molecule has 0 radical (unpaired) electrons. The number of benzene rings is 1. The van der Waals surface area contributed by atoms with Gasteiger partial charge in [0.15, 0.2) is 0 Å². The van der Waals surface area contributed by atoms with Crippen LogP contribution < -0.4 is 4.74 Å². The highest BCUT2D eigenvalue weighted by atomic mass is 19.1. The first-order valence-corrected chi connectivity index (χ1v) is 6.04. The van der Waals surface area contributed by atoms with Gasteiger partial charge in [-0.3, -0.25) is 4.68 Å². The lowest BCUT2D eigenvalue weighted by Crippen LogP contribution is -2.08. The first-order chi connectivity index (χ1) is 9.26. The fourth-order valence-electron chi connectivity index (χ4n) is 2.75. The summed E-state index contributed by atoms with van der Waals surface area (Å²) in [5.74, 6) is -0.163. The minimum atomic E-state index is -0.530. The molecule has 1 unspecified atom stereocenters. The number of halogens is 1. The van der Waals surface area contributed by atoms with Gasteiger partial charge in [0.25, 0.3) is 0 Å². The third kappa shape index (κ3) is 1.68. The molecule has 96 valence electrons. The molecular formula is C14H12FN3O. The lowest BCUT2D eigenvalue weighted by Gasteiger charge is -2.14. The summed E-state index contributed by atoms with van der Waals surface area (Å²) in [6.07, 6.45) is 5.16. The number of hydrogen-bond donors (Lipinski definition) is 0. The summed E-state index contributed by atoms with van der Waals surface area (Å²) in [7, 11) is 1.47. The van der Waals surface area contributed by atoms with E-state index in [0.29, 0.717) is 5.75 Å². The summed E-state index contributed by atoms with van der Waals surface area (Å²) >= 11 is 0. The van der Waals surface area contributed by atoms with E-state index in [0.717, 1.165) is 24.0 Å². The quantitative estimate of drug-likeness (QED) is 0.830. The molecule has 0 bridgehead atoms. The highest BCUT2D eigenvalue weighted by Crippen LogP contribution is 2.41. The molecule has 0 aliphatic heterocycles. The zero-order valence-electron chi connectivity index (χ0n) is 10.4. The van der Waals surface area contributed by atoms with Crippen LogP contribution in [0.25, 0.3) is 0 Å². The first kappa shape index (κ1) is 11.7. The summed E-state index contributed by atoms with van der Waals surface area (Å²) in [5.41, 5.74) is 1.76. The summed E-state index contributed by atoms with van der Waals surface area (Å²) < 4.78 is 21.0. The number of ether oxygens (including phenoxy) is 1. The average Bonchev–Trinajstić information content (AvgIpc) is 3.04. The van der Waals surface area contributed by atoms with Crippen LogP contribution in [0.4, 0.5) is 4.39 Å². The van der Waals surface area contributed by atoms with E-state index in [4.69, 9.17) is 10.00 Å². The smallest absolute Gasteiger partial charge is 0.145 e. The lowest BCUT2D eigenvalue weighted by atomic mass is 10.0. The summed E-state index contributed by atoms with van der Waals surface area (Å²) in [6, 6.07) is 5.17. The predicted octanol–water partition coefficient (Wildman–Crippen LogP) is 2.44. The van der Waals surface area contributed by atoms with Crippen LogP contribution in [-0.4, -0.2) is 16.9 Å². The third-order valence-corrected chi connectivity index (χ3v) is 3.56. The van der Waals surface area contributed by atoms with Crippen molar-refractivity contribution in [3.63, 3.8) is 0 Å². The van der Waals surface area contributed by atoms with Gasteiger partial charge in [0.1, 0.15) is 23.2 Å². The number of methoxy groups -OCH3 is 1. The molecule has 0 fully saturated rings. The average molecular weight is 257 g/mol. The minimum Gasteiger partial charge on any atom is -0.495 e.